The topological polar surface area (TPSA) is 89.5 Å². The van der Waals surface area contributed by atoms with Gasteiger partial charge in [0.2, 0.25) is 0 Å². The SMILES string of the molecule is Cc1ccc(C(=O)N(c2ccc(Oc3ncccn3)cc2)S(=O)(=O)C(F)(F)F)c(C)c1. The zero-order chi connectivity index (χ0) is 22.8. The smallest absolute Gasteiger partial charge is 0.424 e. The lowest BCUT2D eigenvalue weighted by molar-refractivity contribution is -0.0437. The molecule has 162 valence electrons. The maximum absolute atomic E-state index is 13.4. The van der Waals surface area contributed by atoms with E-state index in [0.29, 0.717) is 5.56 Å². The van der Waals surface area contributed by atoms with E-state index in [4.69, 9.17) is 4.74 Å². The monoisotopic (exact) mass is 451 g/mol. The Morgan fingerprint density at radius 3 is 2.16 bits per heavy atom. The van der Waals surface area contributed by atoms with Crippen molar-refractivity contribution in [2.24, 2.45) is 0 Å². The highest BCUT2D eigenvalue weighted by molar-refractivity contribution is 7.94. The van der Waals surface area contributed by atoms with E-state index in [1.807, 2.05) is 0 Å². The molecular formula is C20H16F3N3O4S. The molecule has 0 aliphatic heterocycles. The Bertz CT molecular complexity index is 1200. The summed E-state index contributed by atoms with van der Waals surface area (Å²) in [5, 5.41) is 0. The van der Waals surface area contributed by atoms with E-state index >= 15 is 0 Å². The highest BCUT2D eigenvalue weighted by atomic mass is 32.2. The highest BCUT2D eigenvalue weighted by Gasteiger charge is 2.52. The molecule has 0 saturated heterocycles. The fourth-order valence-electron chi connectivity index (χ4n) is 2.72. The quantitative estimate of drug-likeness (QED) is 0.572. The van der Waals surface area contributed by atoms with Crippen LogP contribution in [0.4, 0.5) is 18.9 Å². The van der Waals surface area contributed by atoms with Crippen LogP contribution in [0.5, 0.6) is 11.8 Å². The first kappa shape index (κ1) is 22.2. The Hall–Kier alpha value is -3.47. The van der Waals surface area contributed by atoms with Gasteiger partial charge in [-0.1, -0.05) is 17.7 Å². The molecule has 0 unspecified atom stereocenters. The van der Waals surface area contributed by atoms with Gasteiger partial charge in [0.15, 0.2) is 0 Å². The third kappa shape index (κ3) is 4.66. The van der Waals surface area contributed by atoms with E-state index in [1.54, 1.807) is 19.1 Å². The molecule has 2 aromatic carbocycles. The molecule has 0 aliphatic rings. The van der Waals surface area contributed by atoms with Crippen molar-refractivity contribution in [2.45, 2.75) is 19.4 Å². The van der Waals surface area contributed by atoms with Crippen LogP contribution in [-0.4, -0.2) is 29.8 Å². The Morgan fingerprint density at radius 2 is 1.61 bits per heavy atom. The van der Waals surface area contributed by atoms with Crippen molar-refractivity contribution >= 4 is 21.6 Å². The van der Waals surface area contributed by atoms with Crippen molar-refractivity contribution in [3.8, 4) is 11.8 Å². The number of rotatable bonds is 5. The number of carbonyl (C=O) groups excluding carboxylic acids is 1. The standard InChI is InChI=1S/C20H16F3N3O4S/c1-13-4-9-17(14(2)12-13)18(27)26(31(28,29)20(21,22)23)15-5-7-16(8-6-15)30-19-24-10-3-11-25-19/h3-12H,1-2H3. The molecule has 1 amide bonds. The Labute approximate surface area is 176 Å². The maximum Gasteiger partial charge on any atom is 0.517 e. The first-order valence-electron chi connectivity index (χ1n) is 8.79. The van der Waals surface area contributed by atoms with E-state index in [9.17, 15) is 26.4 Å². The van der Waals surface area contributed by atoms with Gasteiger partial charge in [0, 0.05) is 18.0 Å². The van der Waals surface area contributed by atoms with E-state index in [2.05, 4.69) is 9.97 Å². The average Bonchev–Trinajstić information content (AvgIpc) is 2.69. The van der Waals surface area contributed by atoms with Crippen molar-refractivity contribution in [3.05, 3.63) is 77.6 Å². The number of ether oxygens (including phenoxy) is 1. The molecule has 1 aromatic heterocycles. The van der Waals surface area contributed by atoms with E-state index in [0.717, 1.165) is 17.7 Å². The summed E-state index contributed by atoms with van der Waals surface area (Å²) in [6, 6.07) is 10.4. The first-order chi connectivity index (χ1) is 14.5. The van der Waals surface area contributed by atoms with Crippen LogP contribution in [0.2, 0.25) is 0 Å². The van der Waals surface area contributed by atoms with E-state index in [-0.39, 0.29) is 21.6 Å². The number of aryl methyl sites for hydroxylation is 2. The van der Waals surface area contributed by atoms with Crippen molar-refractivity contribution in [1.82, 2.24) is 9.97 Å². The van der Waals surface area contributed by atoms with Crippen LogP contribution < -0.4 is 9.04 Å². The molecule has 0 atom stereocenters. The number of carbonyl (C=O) groups is 1. The summed E-state index contributed by atoms with van der Waals surface area (Å²) in [7, 11) is -6.02. The van der Waals surface area contributed by atoms with Crippen LogP contribution in [0.15, 0.2) is 60.9 Å². The number of nitrogens with zero attached hydrogens (tertiary/aromatic N) is 3. The van der Waals surface area contributed by atoms with Gasteiger partial charge in [-0.3, -0.25) is 4.79 Å². The lowest BCUT2D eigenvalue weighted by Crippen LogP contribution is -2.44. The van der Waals surface area contributed by atoms with Crippen molar-refractivity contribution < 1.29 is 31.1 Å². The van der Waals surface area contributed by atoms with Crippen LogP contribution in [0.3, 0.4) is 0 Å². The zero-order valence-electron chi connectivity index (χ0n) is 16.3. The Kier molecular flexibility index (Phi) is 5.98. The summed E-state index contributed by atoms with van der Waals surface area (Å²) in [5.41, 5.74) is -5.24. The normalized spacial score (nSPS) is 11.8. The summed E-state index contributed by atoms with van der Waals surface area (Å²) in [6.07, 6.45) is 2.85. The van der Waals surface area contributed by atoms with E-state index < -0.39 is 27.1 Å². The maximum atomic E-state index is 13.4. The third-order valence-corrected chi connectivity index (χ3v) is 5.59. The molecule has 0 bridgehead atoms. The zero-order valence-corrected chi connectivity index (χ0v) is 17.1. The van der Waals surface area contributed by atoms with Gasteiger partial charge in [-0.2, -0.15) is 25.9 Å². The molecule has 3 aromatic rings. The largest absolute Gasteiger partial charge is 0.517 e. The van der Waals surface area contributed by atoms with Gasteiger partial charge in [0.25, 0.3) is 5.91 Å². The van der Waals surface area contributed by atoms with Crippen LogP contribution in [0.25, 0.3) is 0 Å². The number of aromatic nitrogens is 2. The predicted octanol–water partition coefficient (Wildman–Crippen LogP) is 4.38. The van der Waals surface area contributed by atoms with Gasteiger partial charge in [0.1, 0.15) is 5.75 Å². The number of hydrogen-bond donors (Lipinski definition) is 0. The molecule has 11 heteroatoms. The molecule has 31 heavy (non-hydrogen) atoms. The Morgan fingerprint density at radius 1 is 1.00 bits per heavy atom. The molecular weight excluding hydrogens is 435 g/mol. The van der Waals surface area contributed by atoms with Gasteiger partial charge in [-0.25, -0.2) is 9.97 Å². The van der Waals surface area contributed by atoms with Gasteiger partial charge in [-0.15, -0.1) is 0 Å². The molecule has 3 rings (SSSR count). The summed E-state index contributed by atoms with van der Waals surface area (Å²) in [4.78, 5) is 20.6. The van der Waals surface area contributed by atoms with Crippen molar-refractivity contribution in [1.29, 1.82) is 0 Å². The van der Waals surface area contributed by atoms with Crippen LogP contribution in [-0.2, 0) is 10.0 Å². The first-order valence-corrected chi connectivity index (χ1v) is 10.2. The van der Waals surface area contributed by atoms with Crippen molar-refractivity contribution in [2.75, 3.05) is 4.31 Å². The second kappa shape index (κ2) is 8.34. The molecule has 0 spiro atoms. The Balaban J connectivity index is 2.03. The fourth-order valence-corrected chi connectivity index (χ4v) is 3.65. The number of hydrogen-bond acceptors (Lipinski definition) is 6. The summed E-state index contributed by atoms with van der Waals surface area (Å²) in [6.45, 7) is 3.25. The summed E-state index contributed by atoms with van der Waals surface area (Å²) >= 11 is 0. The minimum atomic E-state index is -6.02. The third-order valence-electron chi connectivity index (χ3n) is 4.15. The number of sulfonamides is 1. The summed E-state index contributed by atoms with van der Waals surface area (Å²) < 4.78 is 69.7. The minimum absolute atomic E-state index is 0.0126. The van der Waals surface area contributed by atoms with Gasteiger partial charge < -0.3 is 4.74 Å². The molecule has 0 fully saturated rings. The average molecular weight is 451 g/mol. The van der Waals surface area contributed by atoms with E-state index in [1.165, 1.54) is 43.6 Å². The number of halogens is 3. The molecule has 0 aliphatic carbocycles. The van der Waals surface area contributed by atoms with Crippen LogP contribution in [0.1, 0.15) is 21.5 Å². The predicted molar refractivity (Wildman–Crippen MR) is 106 cm³/mol. The number of benzene rings is 2. The molecule has 1 heterocycles. The molecule has 0 radical (unpaired) electrons. The number of amides is 1. The van der Waals surface area contributed by atoms with Gasteiger partial charge >= 0.3 is 21.5 Å². The molecule has 0 saturated carbocycles. The lowest BCUT2D eigenvalue weighted by Gasteiger charge is -2.24. The second-order valence-electron chi connectivity index (χ2n) is 6.47. The lowest BCUT2D eigenvalue weighted by atomic mass is 10.1. The van der Waals surface area contributed by atoms with Crippen molar-refractivity contribution in [3.63, 3.8) is 0 Å². The van der Waals surface area contributed by atoms with Crippen LogP contribution >= 0.6 is 0 Å². The summed E-state index contributed by atoms with van der Waals surface area (Å²) in [5.74, 6) is -1.19. The molecule has 0 N–H and O–H groups in total. The number of anilines is 1. The number of alkyl halides is 3. The fraction of sp³-hybridized carbons (Fsp3) is 0.150. The van der Waals surface area contributed by atoms with Crippen LogP contribution in [0, 0.1) is 13.8 Å². The highest BCUT2D eigenvalue weighted by Crippen LogP contribution is 2.34. The van der Waals surface area contributed by atoms with Gasteiger partial charge in [0.05, 0.1) is 5.69 Å². The molecule has 7 nitrogen and oxygen atoms in total. The second-order valence-corrected chi connectivity index (χ2v) is 8.24. The van der Waals surface area contributed by atoms with Gasteiger partial charge in [-0.05, 0) is 55.8 Å². The minimum Gasteiger partial charge on any atom is -0.424 e.